The first-order valence-corrected chi connectivity index (χ1v) is 8.50. The Balaban J connectivity index is 2.70. The molecule has 1 aromatic rings. The van der Waals surface area contributed by atoms with E-state index in [9.17, 15) is 9.36 Å². The van der Waals surface area contributed by atoms with Crippen molar-refractivity contribution in [3.8, 4) is 0 Å². The second-order valence-corrected chi connectivity index (χ2v) is 7.60. The second kappa shape index (κ2) is 7.77. The molecule has 0 N–H and O–H groups in total. The summed E-state index contributed by atoms with van der Waals surface area (Å²) >= 11 is 0. The minimum absolute atomic E-state index is 0.173. The lowest BCUT2D eigenvalue weighted by Gasteiger charge is -2.20. The van der Waals surface area contributed by atoms with E-state index in [1.807, 2.05) is 27.7 Å². The summed E-state index contributed by atoms with van der Waals surface area (Å²) in [5.74, 6) is 0.228. The van der Waals surface area contributed by atoms with Crippen LogP contribution in [0.2, 0.25) is 0 Å². The Morgan fingerprint density at radius 2 is 1.75 bits per heavy atom. The quantitative estimate of drug-likeness (QED) is 0.509. The number of furan rings is 1. The molecule has 0 aromatic carbocycles. The molecule has 0 saturated carbocycles. The van der Waals surface area contributed by atoms with E-state index in [1.54, 1.807) is 6.07 Å². The first kappa shape index (κ1) is 17.2. The zero-order valence-electron chi connectivity index (χ0n) is 12.5. The Labute approximate surface area is 120 Å². The van der Waals surface area contributed by atoms with Gasteiger partial charge < -0.3 is 13.5 Å². The molecule has 1 heterocycles. The van der Waals surface area contributed by atoms with Gasteiger partial charge in [-0.2, -0.15) is 0 Å². The molecular formula is C14H23O5P. The van der Waals surface area contributed by atoms with Crippen molar-refractivity contribution in [3.63, 3.8) is 0 Å². The fourth-order valence-electron chi connectivity index (χ4n) is 1.34. The molecule has 0 unspecified atom stereocenters. The summed E-state index contributed by atoms with van der Waals surface area (Å²) in [4.78, 5) is 12.0. The van der Waals surface area contributed by atoms with Gasteiger partial charge in [0.25, 0.3) is 0 Å². The minimum atomic E-state index is -3.43. The van der Waals surface area contributed by atoms with Crippen LogP contribution >= 0.6 is 7.60 Å². The van der Waals surface area contributed by atoms with Crippen molar-refractivity contribution < 1.29 is 22.8 Å². The van der Waals surface area contributed by atoms with Crippen molar-refractivity contribution in [1.29, 1.82) is 0 Å². The molecule has 6 heteroatoms. The molecule has 0 spiro atoms. The first-order chi connectivity index (χ1) is 9.32. The van der Waals surface area contributed by atoms with Crippen LogP contribution in [0.25, 0.3) is 0 Å². The highest BCUT2D eigenvalue weighted by molar-refractivity contribution is 7.54. The zero-order valence-corrected chi connectivity index (χ0v) is 13.4. The van der Waals surface area contributed by atoms with Gasteiger partial charge in [0.2, 0.25) is 5.78 Å². The number of hydrogen-bond acceptors (Lipinski definition) is 5. The van der Waals surface area contributed by atoms with E-state index < -0.39 is 7.60 Å². The summed E-state index contributed by atoms with van der Waals surface area (Å²) in [5, 5.41) is 0. The van der Waals surface area contributed by atoms with Crippen molar-refractivity contribution >= 4 is 13.4 Å². The molecule has 0 amide bonds. The molecule has 1 aromatic heterocycles. The van der Waals surface area contributed by atoms with E-state index in [2.05, 4.69) is 0 Å². The van der Waals surface area contributed by atoms with Crippen molar-refractivity contribution in [1.82, 2.24) is 0 Å². The largest absolute Gasteiger partial charge is 0.461 e. The first-order valence-electron chi connectivity index (χ1n) is 6.77. The van der Waals surface area contributed by atoms with Crippen LogP contribution in [0.5, 0.6) is 0 Å². The number of ketones is 1. The van der Waals surface area contributed by atoms with E-state index in [-0.39, 0.29) is 29.5 Å². The standard InChI is InChI=1S/C14H23O5P/c1-11(2)8-18-20(16,19-9-12(3)4)10-13(15)14-6-5-7-17-14/h5-7,11-12H,8-10H2,1-4H3. The third kappa shape index (κ3) is 6.04. The lowest BCUT2D eigenvalue weighted by Crippen LogP contribution is -2.13. The number of Topliss-reactive ketones (excluding diaryl/α,β-unsaturated/α-hetero) is 1. The Kier molecular flexibility index (Phi) is 6.66. The van der Waals surface area contributed by atoms with E-state index in [0.717, 1.165) is 0 Å². The molecule has 0 aliphatic rings. The highest BCUT2D eigenvalue weighted by atomic mass is 31.2. The molecule has 0 aliphatic carbocycles. The Morgan fingerprint density at radius 1 is 1.20 bits per heavy atom. The summed E-state index contributed by atoms with van der Waals surface area (Å²) < 4.78 is 28.4. The molecular weight excluding hydrogens is 279 g/mol. The summed E-state index contributed by atoms with van der Waals surface area (Å²) in [6.45, 7) is 8.37. The highest BCUT2D eigenvalue weighted by Gasteiger charge is 2.30. The lowest BCUT2D eigenvalue weighted by molar-refractivity contribution is 0.0973. The van der Waals surface area contributed by atoms with Crippen LogP contribution in [0.3, 0.4) is 0 Å². The summed E-state index contributed by atoms with van der Waals surface area (Å²) in [7, 11) is -3.43. The highest BCUT2D eigenvalue weighted by Crippen LogP contribution is 2.49. The molecule has 20 heavy (non-hydrogen) atoms. The summed E-state index contributed by atoms with van der Waals surface area (Å²) in [5.41, 5.74) is 0. The van der Waals surface area contributed by atoms with Gasteiger partial charge >= 0.3 is 7.60 Å². The van der Waals surface area contributed by atoms with Crippen molar-refractivity contribution in [3.05, 3.63) is 24.2 Å². The van der Waals surface area contributed by atoms with Crippen molar-refractivity contribution in [2.24, 2.45) is 11.8 Å². The van der Waals surface area contributed by atoms with Gasteiger partial charge in [0, 0.05) is 0 Å². The predicted octanol–water partition coefficient (Wildman–Crippen LogP) is 4.00. The van der Waals surface area contributed by atoms with Crippen LogP contribution in [0.15, 0.2) is 22.8 Å². The molecule has 0 saturated heterocycles. The third-order valence-electron chi connectivity index (χ3n) is 2.34. The molecule has 114 valence electrons. The maximum atomic E-state index is 12.6. The van der Waals surface area contributed by atoms with Crippen molar-refractivity contribution in [2.45, 2.75) is 27.7 Å². The van der Waals surface area contributed by atoms with Crippen LogP contribution < -0.4 is 0 Å². The van der Waals surface area contributed by atoms with Crippen LogP contribution in [0.1, 0.15) is 38.2 Å². The van der Waals surface area contributed by atoms with Gasteiger partial charge in [0.15, 0.2) is 5.76 Å². The molecule has 0 aliphatic heterocycles. The van der Waals surface area contributed by atoms with Gasteiger partial charge in [-0.1, -0.05) is 27.7 Å². The zero-order chi connectivity index (χ0) is 15.2. The Bertz CT molecular complexity index is 434. The molecule has 0 atom stereocenters. The van der Waals surface area contributed by atoms with E-state index in [0.29, 0.717) is 13.2 Å². The predicted molar refractivity (Wildman–Crippen MR) is 77.1 cm³/mol. The average Bonchev–Trinajstić information content (AvgIpc) is 2.88. The maximum absolute atomic E-state index is 12.6. The molecule has 0 bridgehead atoms. The molecule has 0 fully saturated rings. The Morgan fingerprint density at radius 3 is 2.15 bits per heavy atom. The van der Waals surface area contributed by atoms with Gasteiger partial charge in [-0.25, -0.2) is 0 Å². The number of carbonyl (C=O) groups is 1. The maximum Gasteiger partial charge on any atom is 0.338 e. The third-order valence-corrected chi connectivity index (χ3v) is 4.10. The minimum Gasteiger partial charge on any atom is -0.461 e. The van der Waals surface area contributed by atoms with Crippen LogP contribution in [-0.2, 0) is 13.6 Å². The topological polar surface area (TPSA) is 65.7 Å². The molecule has 0 radical (unpaired) electrons. The van der Waals surface area contributed by atoms with Gasteiger partial charge in [-0.3, -0.25) is 9.36 Å². The number of rotatable bonds is 9. The van der Waals surface area contributed by atoms with E-state index in [4.69, 9.17) is 13.5 Å². The van der Waals surface area contributed by atoms with Crippen LogP contribution in [-0.4, -0.2) is 25.2 Å². The molecule has 1 rings (SSSR count). The van der Waals surface area contributed by atoms with Gasteiger partial charge in [-0.15, -0.1) is 0 Å². The van der Waals surface area contributed by atoms with E-state index in [1.165, 1.54) is 12.3 Å². The monoisotopic (exact) mass is 302 g/mol. The SMILES string of the molecule is CC(C)COP(=O)(CC(=O)c1ccco1)OCC(C)C. The van der Waals surface area contributed by atoms with Crippen LogP contribution in [0.4, 0.5) is 0 Å². The number of hydrogen-bond donors (Lipinski definition) is 0. The average molecular weight is 302 g/mol. The molecule has 5 nitrogen and oxygen atoms in total. The lowest BCUT2D eigenvalue weighted by atomic mass is 10.2. The van der Waals surface area contributed by atoms with Gasteiger partial charge in [-0.05, 0) is 24.0 Å². The van der Waals surface area contributed by atoms with E-state index >= 15 is 0 Å². The summed E-state index contributed by atoms with van der Waals surface area (Å²) in [6.07, 6.45) is 1.11. The smallest absolute Gasteiger partial charge is 0.338 e. The number of carbonyl (C=O) groups excluding carboxylic acids is 1. The van der Waals surface area contributed by atoms with Gasteiger partial charge in [0.1, 0.15) is 6.16 Å². The summed E-state index contributed by atoms with van der Waals surface area (Å²) in [6, 6.07) is 3.15. The van der Waals surface area contributed by atoms with Crippen molar-refractivity contribution in [2.75, 3.05) is 19.4 Å². The van der Waals surface area contributed by atoms with Gasteiger partial charge in [0.05, 0.1) is 19.5 Å². The van der Waals surface area contributed by atoms with Crippen LogP contribution in [0, 0.1) is 11.8 Å². The fraction of sp³-hybridized carbons (Fsp3) is 0.643. The Hall–Kier alpha value is -0.900. The fourth-order valence-corrected chi connectivity index (χ4v) is 3.16. The second-order valence-electron chi connectivity index (χ2n) is 5.55. The normalized spacial score (nSPS) is 12.3.